The predicted molar refractivity (Wildman–Crippen MR) is 75.1 cm³/mol. The van der Waals surface area contributed by atoms with Crippen LogP contribution in [-0.2, 0) is 6.18 Å². The van der Waals surface area contributed by atoms with Crippen LogP contribution in [0.5, 0.6) is 0 Å². The van der Waals surface area contributed by atoms with E-state index in [4.69, 9.17) is 5.73 Å². The van der Waals surface area contributed by atoms with Crippen LogP contribution in [-0.4, -0.2) is 0 Å². The Morgan fingerprint density at radius 3 is 2.35 bits per heavy atom. The maximum absolute atomic E-state index is 12.9. The first-order valence-electron chi connectivity index (χ1n) is 6.08. The van der Waals surface area contributed by atoms with Crippen molar-refractivity contribution in [2.75, 3.05) is 11.1 Å². The van der Waals surface area contributed by atoms with E-state index in [-0.39, 0.29) is 5.56 Å². The highest BCUT2D eigenvalue weighted by Gasteiger charge is 2.32. The number of rotatable bonds is 2. The Kier molecular flexibility index (Phi) is 3.61. The van der Waals surface area contributed by atoms with E-state index in [1.165, 1.54) is 13.0 Å². The zero-order chi connectivity index (χ0) is 14.9. The van der Waals surface area contributed by atoms with Gasteiger partial charge in [-0.15, -0.1) is 0 Å². The summed E-state index contributed by atoms with van der Waals surface area (Å²) in [6, 6.07) is 9.50. The third-order valence-electron chi connectivity index (χ3n) is 3.03. The van der Waals surface area contributed by atoms with Crippen LogP contribution in [0, 0.1) is 13.8 Å². The molecule has 0 saturated heterocycles. The number of hydrogen-bond donors (Lipinski definition) is 2. The fraction of sp³-hybridized carbons (Fsp3) is 0.200. The van der Waals surface area contributed by atoms with Gasteiger partial charge in [0.25, 0.3) is 0 Å². The molecular weight excluding hydrogens is 265 g/mol. The van der Waals surface area contributed by atoms with Crippen LogP contribution in [0.1, 0.15) is 16.7 Å². The molecule has 0 saturated carbocycles. The fourth-order valence-electron chi connectivity index (χ4n) is 1.94. The van der Waals surface area contributed by atoms with E-state index in [1.807, 2.05) is 13.0 Å². The number of anilines is 3. The second-order valence-electron chi connectivity index (χ2n) is 4.74. The third-order valence-corrected chi connectivity index (χ3v) is 3.03. The summed E-state index contributed by atoms with van der Waals surface area (Å²) in [4.78, 5) is 0. The first kappa shape index (κ1) is 14.2. The van der Waals surface area contributed by atoms with E-state index in [0.29, 0.717) is 17.1 Å². The average molecular weight is 280 g/mol. The van der Waals surface area contributed by atoms with Gasteiger partial charge in [0.05, 0.1) is 16.9 Å². The Balaban J connectivity index is 2.37. The molecule has 5 heteroatoms. The minimum Gasteiger partial charge on any atom is -0.397 e. The monoisotopic (exact) mass is 280 g/mol. The van der Waals surface area contributed by atoms with Crippen LogP contribution in [0.15, 0.2) is 36.4 Å². The topological polar surface area (TPSA) is 38.0 Å². The van der Waals surface area contributed by atoms with Crippen LogP contribution >= 0.6 is 0 Å². The Morgan fingerprint density at radius 2 is 1.70 bits per heavy atom. The van der Waals surface area contributed by atoms with Crippen LogP contribution in [0.25, 0.3) is 0 Å². The molecule has 2 rings (SSSR count). The van der Waals surface area contributed by atoms with Crippen molar-refractivity contribution in [3.63, 3.8) is 0 Å². The van der Waals surface area contributed by atoms with Crippen LogP contribution < -0.4 is 11.1 Å². The SMILES string of the molecule is Cc1ccc(N)c(Nc2ccc(C)c(C(F)(F)F)c2)c1. The minimum atomic E-state index is -4.36. The zero-order valence-electron chi connectivity index (χ0n) is 11.2. The highest BCUT2D eigenvalue weighted by Crippen LogP contribution is 2.34. The first-order valence-corrected chi connectivity index (χ1v) is 6.08. The summed E-state index contributed by atoms with van der Waals surface area (Å²) in [5.74, 6) is 0. The summed E-state index contributed by atoms with van der Waals surface area (Å²) in [6.45, 7) is 3.33. The number of hydrogen-bond acceptors (Lipinski definition) is 2. The number of halogens is 3. The maximum atomic E-state index is 12.9. The minimum absolute atomic E-state index is 0.195. The Bertz CT molecular complexity index is 634. The number of benzene rings is 2. The van der Waals surface area contributed by atoms with E-state index in [2.05, 4.69) is 5.32 Å². The molecule has 0 aromatic heterocycles. The molecule has 106 valence electrons. The summed E-state index contributed by atoms with van der Waals surface area (Å²) in [5, 5.41) is 2.93. The predicted octanol–water partition coefficient (Wildman–Crippen LogP) is 4.65. The van der Waals surface area contributed by atoms with Crippen LogP contribution in [0.2, 0.25) is 0 Å². The van der Waals surface area contributed by atoms with Gasteiger partial charge in [0.15, 0.2) is 0 Å². The lowest BCUT2D eigenvalue weighted by Gasteiger charge is -2.14. The Hall–Kier alpha value is -2.17. The molecule has 3 N–H and O–H groups in total. The first-order chi connectivity index (χ1) is 9.27. The van der Waals surface area contributed by atoms with Gasteiger partial charge in [-0.1, -0.05) is 12.1 Å². The zero-order valence-corrected chi connectivity index (χ0v) is 11.2. The highest BCUT2D eigenvalue weighted by molar-refractivity contribution is 5.73. The molecule has 0 aliphatic carbocycles. The van der Waals surface area contributed by atoms with Gasteiger partial charge in [0, 0.05) is 5.69 Å². The lowest BCUT2D eigenvalue weighted by atomic mass is 10.1. The van der Waals surface area contributed by atoms with Crippen LogP contribution in [0.4, 0.5) is 30.2 Å². The van der Waals surface area contributed by atoms with Gasteiger partial charge in [-0.3, -0.25) is 0 Å². The lowest BCUT2D eigenvalue weighted by molar-refractivity contribution is -0.138. The van der Waals surface area contributed by atoms with Crippen molar-refractivity contribution in [1.82, 2.24) is 0 Å². The molecule has 0 aliphatic rings. The number of nitrogens with one attached hydrogen (secondary N) is 1. The second kappa shape index (κ2) is 5.07. The number of alkyl halides is 3. The van der Waals surface area contributed by atoms with Crippen molar-refractivity contribution in [2.45, 2.75) is 20.0 Å². The van der Waals surface area contributed by atoms with Crippen molar-refractivity contribution < 1.29 is 13.2 Å². The molecule has 20 heavy (non-hydrogen) atoms. The second-order valence-corrected chi connectivity index (χ2v) is 4.74. The molecule has 2 nitrogen and oxygen atoms in total. The van der Waals surface area contributed by atoms with Gasteiger partial charge in [-0.25, -0.2) is 0 Å². The maximum Gasteiger partial charge on any atom is 0.416 e. The number of nitrogens with two attached hydrogens (primary N) is 1. The molecule has 0 heterocycles. The molecule has 0 unspecified atom stereocenters. The Morgan fingerprint density at radius 1 is 1.00 bits per heavy atom. The van der Waals surface area contributed by atoms with Gasteiger partial charge in [-0.05, 0) is 49.2 Å². The molecule has 2 aromatic carbocycles. The van der Waals surface area contributed by atoms with Crippen molar-refractivity contribution >= 4 is 17.1 Å². The fourth-order valence-corrected chi connectivity index (χ4v) is 1.94. The molecule has 0 aliphatic heterocycles. The molecular formula is C15H15F3N2. The average Bonchev–Trinajstić information content (AvgIpc) is 2.35. The van der Waals surface area contributed by atoms with E-state index < -0.39 is 11.7 Å². The van der Waals surface area contributed by atoms with E-state index in [0.717, 1.165) is 11.6 Å². The van der Waals surface area contributed by atoms with Crippen LogP contribution in [0.3, 0.4) is 0 Å². The van der Waals surface area contributed by atoms with Crippen molar-refractivity contribution in [2.24, 2.45) is 0 Å². The Labute approximate surface area is 115 Å². The molecule has 0 bridgehead atoms. The molecule has 0 fully saturated rings. The quantitative estimate of drug-likeness (QED) is 0.786. The van der Waals surface area contributed by atoms with Crippen molar-refractivity contribution in [3.05, 3.63) is 53.1 Å². The smallest absolute Gasteiger partial charge is 0.397 e. The molecule has 0 atom stereocenters. The van der Waals surface area contributed by atoms with E-state index >= 15 is 0 Å². The van der Waals surface area contributed by atoms with E-state index in [9.17, 15) is 13.2 Å². The van der Waals surface area contributed by atoms with Gasteiger partial charge in [0.2, 0.25) is 0 Å². The molecule has 0 radical (unpaired) electrons. The van der Waals surface area contributed by atoms with Gasteiger partial charge < -0.3 is 11.1 Å². The molecule has 0 amide bonds. The normalized spacial score (nSPS) is 11.4. The summed E-state index contributed by atoms with van der Waals surface area (Å²) in [7, 11) is 0. The molecule has 0 spiro atoms. The number of nitrogen functional groups attached to an aromatic ring is 1. The standard InChI is InChI=1S/C15H15F3N2/c1-9-3-6-13(19)14(7-9)20-11-5-4-10(2)12(8-11)15(16,17)18/h3-8,20H,19H2,1-2H3. The van der Waals surface area contributed by atoms with E-state index in [1.54, 1.807) is 18.2 Å². The van der Waals surface area contributed by atoms with Gasteiger partial charge in [-0.2, -0.15) is 13.2 Å². The van der Waals surface area contributed by atoms with Crippen molar-refractivity contribution in [1.29, 1.82) is 0 Å². The molecule has 2 aromatic rings. The summed E-state index contributed by atoms with van der Waals surface area (Å²) >= 11 is 0. The summed E-state index contributed by atoms with van der Waals surface area (Å²) in [5.41, 5.74) is 7.78. The third kappa shape index (κ3) is 3.04. The summed E-state index contributed by atoms with van der Waals surface area (Å²) in [6.07, 6.45) is -4.36. The largest absolute Gasteiger partial charge is 0.416 e. The van der Waals surface area contributed by atoms with Crippen molar-refractivity contribution in [3.8, 4) is 0 Å². The highest BCUT2D eigenvalue weighted by atomic mass is 19.4. The summed E-state index contributed by atoms with van der Waals surface area (Å²) < 4.78 is 38.6. The van der Waals surface area contributed by atoms with Gasteiger partial charge in [0.1, 0.15) is 0 Å². The lowest BCUT2D eigenvalue weighted by Crippen LogP contribution is -2.08. The number of aryl methyl sites for hydroxylation is 2. The van der Waals surface area contributed by atoms with Gasteiger partial charge >= 0.3 is 6.18 Å².